The maximum Gasteiger partial charge on any atom is 0.241 e. The van der Waals surface area contributed by atoms with E-state index in [4.69, 9.17) is 5.14 Å². The predicted octanol–water partition coefficient (Wildman–Crippen LogP) is 1.44. The summed E-state index contributed by atoms with van der Waals surface area (Å²) in [6.07, 6.45) is 1.28. The summed E-state index contributed by atoms with van der Waals surface area (Å²) in [4.78, 5) is 0.0578. The number of primary sulfonamides is 1. The summed E-state index contributed by atoms with van der Waals surface area (Å²) in [6, 6.07) is 5.89. The molecule has 1 aromatic heterocycles. The third-order valence-corrected chi connectivity index (χ3v) is 3.87. The zero-order valence-corrected chi connectivity index (χ0v) is 11.3. The van der Waals surface area contributed by atoms with E-state index < -0.39 is 10.0 Å². The first-order chi connectivity index (χ1) is 8.30. The van der Waals surface area contributed by atoms with Gasteiger partial charge in [-0.3, -0.25) is 0 Å². The molecule has 2 rings (SSSR count). The van der Waals surface area contributed by atoms with E-state index in [2.05, 4.69) is 5.10 Å². The van der Waals surface area contributed by atoms with Gasteiger partial charge in [0.25, 0.3) is 0 Å². The first-order valence-corrected chi connectivity index (χ1v) is 7.00. The largest absolute Gasteiger partial charge is 0.241 e. The first-order valence-electron chi connectivity index (χ1n) is 5.46. The Morgan fingerprint density at radius 2 is 1.89 bits per heavy atom. The standard InChI is InChI=1S/C12H15N3O2S/c1-8-4-5-11(9(2)6-8)15-10(3)12(7-14-15)18(13,16)17/h4-7H,1-3H3,(H2,13,16,17). The van der Waals surface area contributed by atoms with Gasteiger partial charge in [-0.25, -0.2) is 18.2 Å². The Bertz CT molecular complexity index is 702. The third-order valence-electron chi connectivity index (χ3n) is 2.85. The number of hydrogen-bond donors (Lipinski definition) is 1. The van der Waals surface area contributed by atoms with Gasteiger partial charge in [-0.2, -0.15) is 5.10 Å². The molecule has 0 fully saturated rings. The molecule has 0 aliphatic heterocycles. The predicted molar refractivity (Wildman–Crippen MR) is 69.1 cm³/mol. The molecule has 6 heteroatoms. The zero-order chi connectivity index (χ0) is 13.5. The van der Waals surface area contributed by atoms with Crippen molar-refractivity contribution >= 4 is 10.0 Å². The minimum atomic E-state index is -3.73. The Hall–Kier alpha value is -1.66. The van der Waals surface area contributed by atoms with Crippen LogP contribution in [0.2, 0.25) is 0 Å². The normalized spacial score (nSPS) is 11.8. The average molecular weight is 265 g/mol. The van der Waals surface area contributed by atoms with Gasteiger partial charge in [-0.1, -0.05) is 17.7 Å². The number of nitrogens with zero attached hydrogens (tertiary/aromatic N) is 2. The van der Waals surface area contributed by atoms with Gasteiger partial charge >= 0.3 is 0 Å². The van der Waals surface area contributed by atoms with Crippen LogP contribution in [0.3, 0.4) is 0 Å². The molecule has 18 heavy (non-hydrogen) atoms. The smallest absolute Gasteiger partial charge is 0.236 e. The fourth-order valence-electron chi connectivity index (χ4n) is 1.96. The summed E-state index contributed by atoms with van der Waals surface area (Å²) in [5, 5.41) is 9.23. The Morgan fingerprint density at radius 1 is 1.22 bits per heavy atom. The number of benzene rings is 1. The average Bonchev–Trinajstić information content (AvgIpc) is 2.60. The molecule has 2 N–H and O–H groups in total. The molecule has 0 aliphatic carbocycles. The van der Waals surface area contributed by atoms with Gasteiger partial charge in [0.15, 0.2) is 0 Å². The fourth-order valence-corrected chi connectivity index (χ4v) is 2.65. The molecule has 0 saturated carbocycles. The highest BCUT2D eigenvalue weighted by Crippen LogP contribution is 2.20. The molecular formula is C12H15N3O2S. The molecule has 0 amide bonds. The van der Waals surface area contributed by atoms with Gasteiger partial charge in [-0.15, -0.1) is 0 Å². The lowest BCUT2D eigenvalue weighted by Crippen LogP contribution is -2.13. The number of nitrogens with two attached hydrogens (primary N) is 1. The molecule has 5 nitrogen and oxygen atoms in total. The second-order valence-electron chi connectivity index (χ2n) is 4.34. The Labute approximate surface area is 106 Å². The quantitative estimate of drug-likeness (QED) is 0.892. The monoisotopic (exact) mass is 265 g/mol. The second kappa shape index (κ2) is 4.22. The number of aryl methyl sites for hydroxylation is 2. The van der Waals surface area contributed by atoms with E-state index in [9.17, 15) is 8.42 Å². The van der Waals surface area contributed by atoms with E-state index in [0.717, 1.165) is 16.8 Å². The molecule has 0 unspecified atom stereocenters. The SMILES string of the molecule is Cc1ccc(-n2ncc(S(N)(=O)=O)c2C)c(C)c1. The molecule has 0 radical (unpaired) electrons. The zero-order valence-electron chi connectivity index (χ0n) is 10.5. The van der Waals surface area contributed by atoms with Crippen molar-refractivity contribution in [3.05, 3.63) is 41.2 Å². The molecule has 2 aromatic rings. The Morgan fingerprint density at radius 3 is 2.39 bits per heavy atom. The van der Waals surface area contributed by atoms with Gasteiger partial charge in [0, 0.05) is 0 Å². The summed E-state index contributed by atoms with van der Waals surface area (Å²) in [7, 11) is -3.73. The Kier molecular flexibility index (Phi) is 3.00. The fraction of sp³-hybridized carbons (Fsp3) is 0.250. The van der Waals surface area contributed by atoms with Crippen LogP contribution in [-0.4, -0.2) is 18.2 Å². The summed E-state index contributed by atoms with van der Waals surface area (Å²) < 4.78 is 24.3. The first kappa shape index (κ1) is 12.8. The van der Waals surface area contributed by atoms with Crippen LogP contribution in [0, 0.1) is 20.8 Å². The molecule has 1 aromatic carbocycles. The van der Waals surface area contributed by atoms with E-state index in [-0.39, 0.29) is 4.90 Å². The van der Waals surface area contributed by atoms with Crippen LogP contribution in [0.4, 0.5) is 0 Å². The van der Waals surface area contributed by atoms with Gasteiger partial charge in [0.2, 0.25) is 10.0 Å². The van der Waals surface area contributed by atoms with E-state index >= 15 is 0 Å². The van der Waals surface area contributed by atoms with Crippen molar-refractivity contribution < 1.29 is 8.42 Å². The van der Waals surface area contributed by atoms with Crippen molar-refractivity contribution in [2.45, 2.75) is 25.7 Å². The highest BCUT2D eigenvalue weighted by molar-refractivity contribution is 7.89. The lowest BCUT2D eigenvalue weighted by Gasteiger charge is -2.09. The van der Waals surface area contributed by atoms with Crippen LogP contribution in [0.25, 0.3) is 5.69 Å². The topological polar surface area (TPSA) is 78.0 Å². The molecule has 96 valence electrons. The maximum absolute atomic E-state index is 11.4. The molecule has 0 atom stereocenters. The van der Waals surface area contributed by atoms with Crippen LogP contribution in [0.15, 0.2) is 29.3 Å². The minimum Gasteiger partial charge on any atom is -0.236 e. The van der Waals surface area contributed by atoms with Gasteiger partial charge in [0.1, 0.15) is 4.90 Å². The third kappa shape index (κ3) is 2.16. The summed E-state index contributed by atoms with van der Waals surface area (Å²) >= 11 is 0. The van der Waals surface area contributed by atoms with Gasteiger partial charge in [-0.05, 0) is 32.4 Å². The van der Waals surface area contributed by atoms with Crippen LogP contribution in [-0.2, 0) is 10.0 Å². The van der Waals surface area contributed by atoms with Crippen LogP contribution < -0.4 is 5.14 Å². The molecule has 0 saturated heterocycles. The summed E-state index contributed by atoms with van der Waals surface area (Å²) in [5.74, 6) is 0. The number of sulfonamides is 1. The Balaban J connectivity index is 2.63. The van der Waals surface area contributed by atoms with Gasteiger partial charge < -0.3 is 0 Å². The number of hydrogen-bond acceptors (Lipinski definition) is 3. The molecule has 0 aliphatic rings. The van der Waals surface area contributed by atoms with E-state index in [0.29, 0.717) is 5.69 Å². The molecule has 0 spiro atoms. The molecular weight excluding hydrogens is 250 g/mol. The van der Waals surface area contributed by atoms with Crippen LogP contribution in [0.1, 0.15) is 16.8 Å². The van der Waals surface area contributed by atoms with Crippen molar-refractivity contribution in [2.75, 3.05) is 0 Å². The van der Waals surface area contributed by atoms with Gasteiger partial charge in [0.05, 0.1) is 17.6 Å². The highest BCUT2D eigenvalue weighted by Gasteiger charge is 2.17. The minimum absolute atomic E-state index is 0.0578. The lowest BCUT2D eigenvalue weighted by atomic mass is 10.1. The van der Waals surface area contributed by atoms with Crippen molar-refractivity contribution in [3.8, 4) is 5.69 Å². The summed E-state index contributed by atoms with van der Waals surface area (Å²) in [6.45, 7) is 5.65. The van der Waals surface area contributed by atoms with E-state index in [1.54, 1.807) is 11.6 Å². The number of rotatable bonds is 2. The second-order valence-corrected chi connectivity index (χ2v) is 5.87. The molecule has 0 bridgehead atoms. The van der Waals surface area contributed by atoms with Crippen molar-refractivity contribution in [1.82, 2.24) is 9.78 Å². The number of aromatic nitrogens is 2. The van der Waals surface area contributed by atoms with Crippen LogP contribution >= 0.6 is 0 Å². The van der Waals surface area contributed by atoms with E-state index in [1.165, 1.54) is 6.20 Å². The van der Waals surface area contributed by atoms with Crippen molar-refractivity contribution in [1.29, 1.82) is 0 Å². The van der Waals surface area contributed by atoms with Crippen LogP contribution in [0.5, 0.6) is 0 Å². The lowest BCUT2D eigenvalue weighted by molar-refractivity contribution is 0.597. The highest BCUT2D eigenvalue weighted by atomic mass is 32.2. The molecule has 1 heterocycles. The van der Waals surface area contributed by atoms with Crippen molar-refractivity contribution in [2.24, 2.45) is 5.14 Å². The maximum atomic E-state index is 11.4. The van der Waals surface area contributed by atoms with E-state index in [1.807, 2.05) is 32.0 Å². The summed E-state index contributed by atoms with van der Waals surface area (Å²) in [5.41, 5.74) is 3.55. The van der Waals surface area contributed by atoms with Crippen molar-refractivity contribution in [3.63, 3.8) is 0 Å².